The second kappa shape index (κ2) is 9.59. The fourth-order valence-corrected chi connectivity index (χ4v) is 3.40. The second-order valence-electron chi connectivity index (χ2n) is 6.53. The first kappa shape index (κ1) is 20.2. The van der Waals surface area contributed by atoms with Crippen molar-refractivity contribution >= 4 is 5.69 Å². The number of hydrogen-bond donors (Lipinski definition) is 0. The summed E-state index contributed by atoms with van der Waals surface area (Å²) in [5.74, 6) is 1.29. The zero-order valence-corrected chi connectivity index (χ0v) is 16.2. The zero-order valence-electron chi connectivity index (χ0n) is 16.2. The highest BCUT2D eigenvalue weighted by Gasteiger charge is 2.20. The molecule has 7 heteroatoms. The molecule has 0 aromatic heterocycles. The van der Waals surface area contributed by atoms with Crippen LogP contribution in [0.3, 0.4) is 0 Å². The molecule has 0 amide bonds. The minimum Gasteiger partial charge on any atom is -0.493 e. The molecule has 1 aliphatic rings. The van der Waals surface area contributed by atoms with E-state index in [-0.39, 0.29) is 5.75 Å². The molecule has 0 saturated carbocycles. The summed E-state index contributed by atoms with van der Waals surface area (Å²) >= 11 is 0. The Hall–Kier alpha value is -2.54. The highest BCUT2D eigenvalue weighted by molar-refractivity contribution is 5.58. The van der Waals surface area contributed by atoms with Crippen molar-refractivity contribution in [3.05, 3.63) is 48.0 Å². The molecule has 0 spiro atoms. The number of benzene rings is 2. The van der Waals surface area contributed by atoms with Crippen molar-refractivity contribution in [3.8, 4) is 17.2 Å². The number of alkyl halides is 2. The monoisotopic (exact) mass is 392 g/mol. The van der Waals surface area contributed by atoms with E-state index < -0.39 is 6.61 Å². The highest BCUT2D eigenvalue weighted by atomic mass is 19.3. The van der Waals surface area contributed by atoms with Crippen LogP contribution in [0.25, 0.3) is 0 Å². The van der Waals surface area contributed by atoms with Crippen LogP contribution in [0.1, 0.15) is 12.5 Å². The fourth-order valence-electron chi connectivity index (χ4n) is 3.40. The molecule has 1 saturated heterocycles. The molecule has 0 atom stereocenters. The van der Waals surface area contributed by atoms with E-state index in [1.54, 1.807) is 12.1 Å². The minimum absolute atomic E-state index is 0.0543. The molecule has 0 unspecified atom stereocenters. The molecule has 5 nitrogen and oxygen atoms in total. The van der Waals surface area contributed by atoms with Crippen LogP contribution in [-0.2, 0) is 6.54 Å². The van der Waals surface area contributed by atoms with Crippen LogP contribution in [-0.4, -0.2) is 51.4 Å². The van der Waals surface area contributed by atoms with Gasteiger partial charge in [0.05, 0.1) is 19.4 Å². The van der Waals surface area contributed by atoms with Crippen molar-refractivity contribution in [1.29, 1.82) is 0 Å². The predicted octanol–water partition coefficient (Wildman–Crippen LogP) is 4.02. The second-order valence-corrected chi connectivity index (χ2v) is 6.53. The van der Waals surface area contributed by atoms with E-state index in [9.17, 15) is 8.78 Å². The minimum atomic E-state index is -2.87. The first-order valence-corrected chi connectivity index (χ1v) is 9.41. The van der Waals surface area contributed by atoms with Crippen LogP contribution in [0, 0.1) is 0 Å². The topological polar surface area (TPSA) is 34.2 Å². The van der Waals surface area contributed by atoms with Gasteiger partial charge < -0.3 is 19.1 Å². The van der Waals surface area contributed by atoms with Gasteiger partial charge in [-0.2, -0.15) is 8.78 Å². The largest absolute Gasteiger partial charge is 0.493 e. The lowest BCUT2D eigenvalue weighted by Gasteiger charge is -2.36. The molecule has 2 aromatic rings. The van der Waals surface area contributed by atoms with Crippen molar-refractivity contribution in [3.63, 3.8) is 0 Å². The lowest BCUT2D eigenvalue weighted by atomic mass is 10.1. The summed E-state index contributed by atoms with van der Waals surface area (Å²) in [6.45, 7) is 4.08. The van der Waals surface area contributed by atoms with E-state index >= 15 is 0 Å². The van der Waals surface area contributed by atoms with Crippen molar-refractivity contribution in [2.75, 3.05) is 44.8 Å². The van der Waals surface area contributed by atoms with Crippen LogP contribution in [0.4, 0.5) is 14.5 Å². The lowest BCUT2D eigenvalue weighted by Crippen LogP contribution is -2.46. The van der Waals surface area contributed by atoms with Crippen LogP contribution >= 0.6 is 0 Å². The van der Waals surface area contributed by atoms with Crippen molar-refractivity contribution in [2.24, 2.45) is 0 Å². The molecule has 3 rings (SSSR count). The standard InChI is InChI=1S/C21H26F2N2O3/c1-3-27-18-7-5-4-6-17(18)25-12-10-24(11-13-25)15-16-8-9-19(28-21(22)23)20(14-16)26-2/h4-9,14,21H,3,10-13,15H2,1-2H3. The number of halogens is 2. The van der Waals surface area contributed by atoms with E-state index in [0.717, 1.165) is 49.7 Å². The maximum absolute atomic E-state index is 12.5. The number of piperazine rings is 1. The summed E-state index contributed by atoms with van der Waals surface area (Å²) in [7, 11) is 1.45. The van der Waals surface area contributed by atoms with Gasteiger partial charge in [-0.05, 0) is 36.8 Å². The Morgan fingerprint density at radius 2 is 1.71 bits per heavy atom. The van der Waals surface area contributed by atoms with Crippen molar-refractivity contribution in [1.82, 2.24) is 4.90 Å². The Balaban J connectivity index is 1.60. The molecule has 1 aliphatic heterocycles. The first-order chi connectivity index (χ1) is 13.6. The van der Waals surface area contributed by atoms with Crippen LogP contribution < -0.4 is 19.1 Å². The van der Waals surface area contributed by atoms with Gasteiger partial charge in [-0.25, -0.2) is 0 Å². The number of methoxy groups -OCH3 is 1. The summed E-state index contributed by atoms with van der Waals surface area (Å²) in [6, 6.07) is 13.2. The van der Waals surface area contributed by atoms with Gasteiger partial charge >= 0.3 is 6.61 Å². The quantitative estimate of drug-likeness (QED) is 0.678. The molecule has 28 heavy (non-hydrogen) atoms. The third-order valence-electron chi connectivity index (χ3n) is 4.73. The van der Waals surface area contributed by atoms with Crippen molar-refractivity contribution in [2.45, 2.75) is 20.1 Å². The Kier molecular flexibility index (Phi) is 6.92. The lowest BCUT2D eigenvalue weighted by molar-refractivity contribution is -0.0512. The molecule has 1 heterocycles. The van der Waals surface area contributed by atoms with Gasteiger partial charge in [-0.3, -0.25) is 4.90 Å². The van der Waals surface area contributed by atoms with E-state index in [4.69, 9.17) is 9.47 Å². The average molecular weight is 392 g/mol. The van der Waals surface area contributed by atoms with E-state index in [0.29, 0.717) is 12.4 Å². The zero-order chi connectivity index (χ0) is 19.9. The number of para-hydroxylation sites is 2. The number of nitrogens with zero attached hydrogens (tertiary/aromatic N) is 2. The van der Waals surface area contributed by atoms with Gasteiger partial charge in [-0.15, -0.1) is 0 Å². The number of rotatable bonds is 8. The Morgan fingerprint density at radius 3 is 2.39 bits per heavy atom. The molecule has 1 fully saturated rings. The number of hydrogen-bond acceptors (Lipinski definition) is 5. The normalized spacial score (nSPS) is 15.0. The molecule has 0 radical (unpaired) electrons. The molecular weight excluding hydrogens is 366 g/mol. The fraction of sp³-hybridized carbons (Fsp3) is 0.429. The maximum Gasteiger partial charge on any atom is 0.387 e. The Morgan fingerprint density at radius 1 is 0.964 bits per heavy atom. The highest BCUT2D eigenvalue weighted by Crippen LogP contribution is 2.31. The summed E-state index contributed by atoms with van der Waals surface area (Å²) in [4.78, 5) is 4.67. The van der Waals surface area contributed by atoms with Gasteiger partial charge in [0.15, 0.2) is 11.5 Å². The van der Waals surface area contributed by atoms with Crippen molar-refractivity contribution < 1.29 is 23.0 Å². The summed E-state index contributed by atoms with van der Waals surface area (Å²) in [6.07, 6.45) is 0. The third-order valence-corrected chi connectivity index (χ3v) is 4.73. The summed E-state index contributed by atoms with van der Waals surface area (Å²) in [5, 5.41) is 0. The molecule has 0 N–H and O–H groups in total. The number of ether oxygens (including phenoxy) is 3. The van der Waals surface area contributed by atoms with Gasteiger partial charge in [-0.1, -0.05) is 18.2 Å². The Bertz CT molecular complexity index is 765. The maximum atomic E-state index is 12.5. The molecule has 0 aliphatic carbocycles. The van der Waals surface area contributed by atoms with Gasteiger partial charge in [0.25, 0.3) is 0 Å². The molecule has 0 bridgehead atoms. The van der Waals surface area contributed by atoms with Gasteiger partial charge in [0.2, 0.25) is 0 Å². The summed E-state index contributed by atoms with van der Waals surface area (Å²) in [5.41, 5.74) is 2.13. The number of anilines is 1. The molecular formula is C21H26F2N2O3. The molecule has 2 aromatic carbocycles. The van der Waals surface area contributed by atoms with E-state index in [2.05, 4.69) is 20.6 Å². The first-order valence-electron chi connectivity index (χ1n) is 9.41. The smallest absolute Gasteiger partial charge is 0.387 e. The van der Waals surface area contributed by atoms with Crippen LogP contribution in [0.15, 0.2) is 42.5 Å². The Labute approximate surface area is 164 Å². The predicted molar refractivity (Wildman–Crippen MR) is 105 cm³/mol. The SMILES string of the molecule is CCOc1ccccc1N1CCN(Cc2ccc(OC(F)F)c(OC)c2)CC1. The van der Waals surface area contributed by atoms with Gasteiger partial charge in [0, 0.05) is 32.7 Å². The van der Waals surface area contributed by atoms with Crippen LogP contribution in [0.2, 0.25) is 0 Å². The van der Waals surface area contributed by atoms with Crippen LogP contribution in [0.5, 0.6) is 17.2 Å². The molecule has 152 valence electrons. The average Bonchev–Trinajstić information content (AvgIpc) is 2.70. The van der Waals surface area contributed by atoms with Gasteiger partial charge in [0.1, 0.15) is 5.75 Å². The summed E-state index contributed by atoms with van der Waals surface area (Å²) < 4.78 is 40.3. The third kappa shape index (κ3) is 5.04. The van der Waals surface area contributed by atoms with E-state index in [1.807, 2.05) is 25.1 Å². The van der Waals surface area contributed by atoms with E-state index in [1.165, 1.54) is 13.2 Å².